The van der Waals surface area contributed by atoms with Gasteiger partial charge < -0.3 is 28.3 Å². The largest absolute Gasteiger partial charge is 0.488 e. The van der Waals surface area contributed by atoms with Crippen LogP contribution in [0, 0.1) is 5.92 Å². The van der Waals surface area contributed by atoms with Crippen molar-refractivity contribution in [3.63, 3.8) is 0 Å². The summed E-state index contributed by atoms with van der Waals surface area (Å²) in [6.45, 7) is 20.4. The van der Waals surface area contributed by atoms with E-state index in [1.165, 1.54) is 0 Å². The van der Waals surface area contributed by atoms with E-state index in [9.17, 15) is 4.79 Å². The van der Waals surface area contributed by atoms with Crippen LogP contribution < -0.4 is 0 Å². The maximum absolute atomic E-state index is 13.4. The van der Waals surface area contributed by atoms with Crippen molar-refractivity contribution in [3.8, 4) is 0 Å². The number of ether oxygens (including phenoxy) is 1. The molecular weight excluding hydrogens is 576 g/mol. The molecule has 9 nitrogen and oxygen atoms in total. The minimum Gasteiger partial charge on any atom is -0.444 e. The van der Waals surface area contributed by atoms with Crippen molar-refractivity contribution in [1.29, 1.82) is 0 Å². The highest BCUT2D eigenvalue weighted by Gasteiger charge is 2.65. The number of carbonyl (C=O) groups excluding carboxylic acids is 1. The van der Waals surface area contributed by atoms with Gasteiger partial charge in [0.25, 0.3) is 0 Å². The monoisotopic (exact) mass is 617 g/mol. The van der Waals surface area contributed by atoms with Crippen molar-refractivity contribution in [2.45, 2.75) is 116 Å². The number of nitrogens with one attached hydrogen (secondary N) is 1. The van der Waals surface area contributed by atoms with Gasteiger partial charge in [-0.1, -0.05) is 15.9 Å². The topological polar surface area (TPSA) is 95.1 Å². The van der Waals surface area contributed by atoms with Crippen molar-refractivity contribution < 1.29 is 28.1 Å². The maximum Gasteiger partial charge on any atom is 0.488 e. The molecule has 0 radical (unpaired) electrons. The zero-order valence-electron chi connectivity index (χ0n) is 25.4. The number of amides is 1. The lowest BCUT2D eigenvalue weighted by molar-refractivity contribution is -0.0265. The molecule has 3 aliphatic heterocycles. The van der Waals surface area contributed by atoms with Crippen LogP contribution in [0.15, 0.2) is 22.7 Å². The lowest BCUT2D eigenvalue weighted by atomic mass is 9.49. The van der Waals surface area contributed by atoms with E-state index in [0.717, 1.165) is 27.8 Å². The molecule has 1 N–H and O–H groups in total. The average Bonchev–Trinajstić information content (AvgIpc) is 3.49. The summed E-state index contributed by atoms with van der Waals surface area (Å²) in [4.78, 5) is 23.5. The van der Waals surface area contributed by atoms with Crippen molar-refractivity contribution >= 4 is 47.1 Å². The van der Waals surface area contributed by atoms with Crippen LogP contribution in [0.2, 0.25) is 0 Å². The third-order valence-electron chi connectivity index (χ3n) is 9.03. The second-order valence-electron chi connectivity index (χ2n) is 14.2. The smallest absolute Gasteiger partial charge is 0.444 e. The van der Waals surface area contributed by atoms with E-state index in [2.05, 4.69) is 27.8 Å². The van der Waals surface area contributed by atoms with Crippen LogP contribution in [0.25, 0.3) is 11.0 Å². The molecule has 1 amide bonds. The number of nitrogens with zero attached hydrogens (tertiary/aromatic N) is 2. The van der Waals surface area contributed by atoms with Crippen LogP contribution in [-0.2, 0) is 23.4 Å². The number of rotatable bonds is 4. The lowest BCUT2D eigenvalue weighted by Crippen LogP contribution is -2.46. The molecule has 0 aliphatic carbocycles. The SMILES string of the molecule is CC(C)(C)OC(=O)N1C[C@@H](CC2(C)OB(B3OC(C)(C)C(C)(C)O3)OC2(C)C)C[C@H]1c1nc2ccc(Br)cc2[nH]1. The Morgan fingerprint density at radius 3 is 2.27 bits per heavy atom. The number of carbonyl (C=O) groups is 1. The summed E-state index contributed by atoms with van der Waals surface area (Å²) in [5.74, 6) is 0.881. The fraction of sp³-hybridized carbons (Fsp3) is 0.714. The van der Waals surface area contributed by atoms with E-state index in [4.69, 9.17) is 28.3 Å². The zero-order chi connectivity index (χ0) is 29.5. The van der Waals surface area contributed by atoms with Crippen molar-refractivity contribution in [3.05, 3.63) is 28.5 Å². The zero-order valence-corrected chi connectivity index (χ0v) is 27.0. The number of hydrogen-bond donors (Lipinski definition) is 1. The Balaban J connectivity index is 1.38. The van der Waals surface area contributed by atoms with Gasteiger partial charge in [-0.05, 0) is 106 Å². The first-order valence-electron chi connectivity index (χ1n) is 14.2. The van der Waals surface area contributed by atoms with Gasteiger partial charge in [-0.25, -0.2) is 9.78 Å². The maximum atomic E-state index is 13.4. The van der Waals surface area contributed by atoms with Crippen LogP contribution in [0.4, 0.5) is 4.79 Å². The number of aromatic amines is 1. The number of hydrogen-bond acceptors (Lipinski definition) is 7. The average molecular weight is 618 g/mol. The second kappa shape index (κ2) is 9.73. The summed E-state index contributed by atoms with van der Waals surface area (Å²) in [5.41, 5.74) is -1.05. The predicted octanol–water partition coefficient (Wildman–Crippen LogP) is 6.26. The minimum absolute atomic E-state index is 0.127. The number of imidazole rings is 1. The molecule has 5 rings (SSSR count). The van der Waals surface area contributed by atoms with Gasteiger partial charge in [-0.3, -0.25) is 4.90 Å². The molecule has 4 heterocycles. The second-order valence-corrected chi connectivity index (χ2v) is 15.1. The molecule has 218 valence electrons. The Morgan fingerprint density at radius 1 is 1.05 bits per heavy atom. The van der Waals surface area contributed by atoms with Gasteiger partial charge in [0.1, 0.15) is 11.4 Å². The molecule has 3 fully saturated rings. The van der Waals surface area contributed by atoms with Crippen LogP contribution in [0.3, 0.4) is 0 Å². The van der Waals surface area contributed by atoms with Crippen LogP contribution >= 0.6 is 15.9 Å². The lowest BCUT2D eigenvalue weighted by Gasteiger charge is -2.38. The summed E-state index contributed by atoms with van der Waals surface area (Å²) in [6.07, 6.45) is 1.05. The third-order valence-corrected chi connectivity index (χ3v) is 9.52. The molecule has 12 heteroatoms. The fourth-order valence-corrected chi connectivity index (χ4v) is 6.17. The molecule has 2 aromatic rings. The minimum atomic E-state index is -0.658. The Bertz CT molecular complexity index is 1280. The van der Waals surface area contributed by atoms with Gasteiger partial charge in [-0.15, -0.1) is 0 Å². The van der Waals surface area contributed by atoms with E-state index >= 15 is 0 Å². The van der Waals surface area contributed by atoms with Gasteiger partial charge in [-0.2, -0.15) is 0 Å². The third kappa shape index (κ3) is 5.46. The highest BCUT2D eigenvalue weighted by atomic mass is 79.9. The molecule has 3 atom stereocenters. The standard InChI is InChI=1S/C28H42B2BrN3O6/c1-24(2,3)36-23(35)34-16-17(13-21(34)22-32-19-12-11-18(31)14-20(19)33-22)15-28(10)27(8,9)39-30(40-28)29-37-25(4,5)26(6,7)38-29/h11-12,14,17,21H,13,15-16H2,1-10H3,(H,32,33)/t17-,21+,28?/m1/s1. The number of H-pyrrole nitrogens is 1. The molecule has 40 heavy (non-hydrogen) atoms. The molecular formula is C28H42B2BrN3O6. The molecule has 3 saturated heterocycles. The molecule has 0 spiro atoms. The Hall–Kier alpha value is -1.59. The summed E-state index contributed by atoms with van der Waals surface area (Å²) in [5, 5.41) is 0. The van der Waals surface area contributed by atoms with Crippen molar-refractivity contribution in [2.75, 3.05) is 6.54 Å². The van der Waals surface area contributed by atoms with Crippen LogP contribution in [0.1, 0.15) is 93.9 Å². The fourth-order valence-electron chi connectivity index (χ4n) is 5.80. The Labute approximate surface area is 246 Å². The summed E-state index contributed by atoms with van der Waals surface area (Å²) in [7, 11) is -1.29. The van der Waals surface area contributed by atoms with E-state index in [1.54, 1.807) is 4.90 Å². The van der Waals surface area contributed by atoms with Crippen molar-refractivity contribution in [1.82, 2.24) is 14.9 Å². The van der Waals surface area contributed by atoms with Crippen LogP contribution in [0.5, 0.6) is 0 Å². The van der Waals surface area contributed by atoms with E-state index in [0.29, 0.717) is 13.0 Å². The highest BCUT2D eigenvalue weighted by Crippen LogP contribution is 2.48. The Kier molecular flexibility index (Phi) is 7.27. The first-order valence-corrected chi connectivity index (χ1v) is 14.9. The van der Waals surface area contributed by atoms with Gasteiger partial charge in [0.15, 0.2) is 0 Å². The first-order chi connectivity index (χ1) is 18.3. The number of halogens is 1. The molecule has 0 saturated carbocycles. The predicted molar refractivity (Wildman–Crippen MR) is 159 cm³/mol. The molecule has 0 bridgehead atoms. The Morgan fingerprint density at radius 2 is 1.65 bits per heavy atom. The number of fused-ring (bicyclic) bond motifs is 1. The molecule has 3 aliphatic rings. The number of likely N-dealkylation sites (tertiary alicyclic amines) is 1. The van der Waals surface area contributed by atoms with Gasteiger partial charge >= 0.3 is 20.1 Å². The van der Waals surface area contributed by atoms with Gasteiger partial charge in [0.05, 0.1) is 39.5 Å². The molecule has 1 aromatic heterocycles. The summed E-state index contributed by atoms with van der Waals surface area (Å²) in [6, 6.07) is 5.68. The van der Waals surface area contributed by atoms with Gasteiger partial charge in [0.2, 0.25) is 0 Å². The van der Waals surface area contributed by atoms with Gasteiger partial charge in [0, 0.05) is 11.0 Å². The summed E-state index contributed by atoms with van der Waals surface area (Å²) < 4.78 is 32.4. The summed E-state index contributed by atoms with van der Waals surface area (Å²) >= 11 is 3.53. The normalized spacial score (nSPS) is 29.5. The van der Waals surface area contributed by atoms with E-state index in [1.807, 2.05) is 80.5 Å². The van der Waals surface area contributed by atoms with E-state index < -0.39 is 42.0 Å². The van der Waals surface area contributed by atoms with E-state index in [-0.39, 0.29) is 18.1 Å². The molecule has 1 aromatic carbocycles. The first kappa shape index (κ1) is 29.9. The van der Waals surface area contributed by atoms with Crippen LogP contribution in [-0.4, -0.2) is 69.5 Å². The number of aromatic nitrogens is 2. The quantitative estimate of drug-likeness (QED) is 0.405. The molecule has 1 unspecified atom stereocenters. The highest BCUT2D eigenvalue weighted by molar-refractivity contribution is 9.10. The van der Waals surface area contributed by atoms with Crippen molar-refractivity contribution in [2.24, 2.45) is 5.92 Å². The number of benzene rings is 1.